The zero-order valence-electron chi connectivity index (χ0n) is 38.7. The minimum atomic E-state index is -1.57. The summed E-state index contributed by atoms with van der Waals surface area (Å²) >= 11 is 0. The lowest BCUT2D eigenvalue weighted by Crippen LogP contribution is -2.54. The van der Waals surface area contributed by atoms with Gasteiger partial charge in [0.25, 0.3) is 17.7 Å². The van der Waals surface area contributed by atoms with Gasteiger partial charge >= 0.3 is 6.09 Å². The van der Waals surface area contributed by atoms with E-state index in [2.05, 4.69) is 16.0 Å². The van der Waals surface area contributed by atoms with Crippen LogP contribution in [-0.2, 0) is 58.5 Å². The monoisotopic (exact) mass is 934 g/mol. The largest absolute Gasteiger partial charge is 0.427 e. The minimum Gasteiger partial charge on any atom is -0.427 e. The number of ether oxygens (including phenoxy) is 1. The topological polar surface area (TPSA) is 209 Å². The van der Waals surface area contributed by atoms with E-state index in [1.807, 2.05) is 6.07 Å². The van der Waals surface area contributed by atoms with Crippen LogP contribution in [-0.4, -0.2) is 93.2 Å². The van der Waals surface area contributed by atoms with E-state index in [1.54, 1.807) is 49.4 Å². The fourth-order valence-corrected chi connectivity index (χ4v) is 9.60. The number of nitrogens with zero attached hydrogens (tertiary/aromatic N) is 3. The number of rotatable bonds is 22. The first-order chi connectivity index (χ1) is 32.6. The number of imide groups is 3. The van der Waals surface area contributed by atoms with Gasteiger partial charge in [-0.3, -0.25) is 48.6 Å². The molecule has 9 amide bonds. The van der Waals surface area contributed by atoms with Gasteiger partial charge in [-0.2, -0.15) is 0 Å². The van der Waals surface area contributed by atoms with E-state index in [-0.39, 0.29) is 49.7 Å². The Morgan fingerprint density at radius 2 is 1.49 bits per heavy atom. The van der Waals surface area contributed by atoms with Gasteiger partial charge in [-0.25, -0.2) is 14.1 Å². The van der Waals surface area contributed by atoms with Crippen molar-refractivity contribution in [2.24, 2.45) is 0 Å². The standard InChI is InChI=1S/C51H59FN6O10/c1-32(56(30-35-15-18-37(52)19-16-35)45(62)31-57-49(66)51(68-50(57)67)26-25-36-28-38(54-33(2)59)20-22-41(36)51)29-53-43(60)14-12-10-8-6-4-3-5-7-9-11-13-34-17-21-39-40(27-34)48(65)58(47(39)64)42-23-24-44(61)55-46(42)63/h15-22,27-28,32,42H,3-14,23-26,29-31H2,1-2H3,(H,53,60)(H,54,59)(H,55,61,63)/t32-,42?,51+/m0/s1. The summed E-state index contributed by atoms with van der Waals surface area (Å²) in [6, 6.07) is 14.4. The highest BCUT2D eigenvalue weighted by molar-refractivity contribution is 6.23. The van der Waals surface area contributed by atoms with Crippen molar-refractivity contribution in [2.75, 3.05) is 18.4 Å². The summed E-state index contributed by atoms with van der Waals surface area (Å²) in [6.45, 7) is 2.74. The van der Waals surface area contributed by atoms with Crippen LogP contribution in [0.2, 0.25) is 0 Å². The van der Waals surface area contributed by atoms with Crippen molar-refractivity contribution in [2.45, 2.75) is 141 Å². The van der Waals surface area contributed by atoms with Crippen LogP contribution in [0.4, 0.5) is 14.9 Å². The van der Waals surface area contributed by atoms with Crippen LogP contribution in [0.15, 0.2) is 60.7 Å². The van der Waals surface area contributed by atoms with Gasteiger partial charge in [0, 0.05) is 56.6 Å². The molecular weight excluding hydrogens is 876 g/mol. The maximum absolute atomic E-state index is 14.0. The third-order valence-electron chi connectivity index (χ3n) is 13.3. The van der Waals surface area contributed by atoms with Crippen molar-refractivity contribution < 1.29 is 52.3 Å². The maximum atomic E-state index is 14.0. The van der Waals surface area contributed by atoms with Crippen molar-refractivity contribution in [3.63, 3.8) is 0 Å². The van der Waals surface area contributed by atoms with Crippen LogP contribution in [0.25, 0.3) is 0 Å². The van der Waals surface area contributed by atoms with Gasteiger partial charge in [-0.1, -0.05) is 75.6 Å². The maximum Gasteiger partial charge on any atom is 0.418 e. The normalized spacial score (nSPS) is 19.0. The van der Waals surface area contributed by atoms with Gasteiger partial charge in [0.1, 0.15) is 18.4 Å². The number of hydrogen-bond donors (Lipinski definition) is 3. The van der Waals surface area contributed by atoms with Crippen LogP contribution in [0, 0.1) is 5.82 Å². The smallest absolute Gasteiger partial charge is 0.418 e. The predicted molar refractivity (Wildman–Crippen MR) is 246 cm³/mol. The number of carbonyl (C=O) groups is 9. The van der Waals surface area contributed by atoms with E-state index in [9.17, 15) is 47.5 Å². The van der Waals surface area contributed by atoms with Crippen molar-refractivity contribution in [1.29, 1.82) is 0 Å². The molecule has 3 aliphatic heterocycles. The summed E-state index contributed by atoms with van der Waals surface area (Å²) in [5.74, 6) is -4.05. The molecule has 2 fully saturated rings. The average Bonchev–Trinajstić information content (AvgIpc) is 3.88. The number of nitrogens with one attached hydrogen (secondary N) is 3. The molecule has 3 N–H and O–H groups in total. The summed E-state index contributed by atoms with van der Waals surface area (Å²) in [5, 5.41) is 7.85. The van der Waals surface area contributed by atoms with Crippen molar-refractivity contribution >= 4 is 59.0 Å². The highest BCUT2D eigenvalue weighted by Crippen LogP contribution is 2.46. The number of fused-ring (bicyclic) bond motifs is 3. The second kappa shape index (κ2) is 21.9. The quantitative estimate of drug-likeness (QED) is 0.0749. The number of anilines is 1. The van der Waals surface area contributed by atoms with Crippen LogP contribution in [0.3, 0.4) is 0 Å². The second-order valence-corrected chi connectivity index (χ2v) is 18.3. The summed E-state index contributed by atoms with van der Waals surface area (Å²) in [5.41, 5.74) is 2.44. The first kappa shape index (κ1) is 49.1. The fraction of sp³-hybridized carbons (Fsp3) is 0.471. The summed E-state index contributed by atoms with van der Waals surface area (Å²) in [4.78, 5) is 119. The van der Waals surface area contributed by atoms with E-state index in [0.29, 0.717) is 41.6 Å². The number of benzene rings is 3. The number of hydrogen-bond acceptors (Lipinski definition) is 10. The zero-order chi connectivity index (χ0) is 48.5. The molecule has 1 spiro atoms. The molecular formula is C51H59FN6O10. The third kappa shape index (κ3) is 11.3. The highest BCUT2D eigenvalue weighted by Gasteiger charge is 2.58. The SMILES string of the molecule is CC(=O)Nc1ccc2c(c1)CC[C@@]21OC(=O)N(CC(=O)N(Cc2ccc(F)cc2)[C@@H](C)CNC(=O)CCCCCCCCCCCCc2ccc3c(c2)C(=O)N(C2CCC(=O)NC2=O)C3=O)C1=O. The van der Waals surface area contributed by atoms with E-state index in [0.717, 1.165) is 85.1 Å². The van der Waals surface area contributed by atoms with Gasteiger partial charge in [-0.15, -0.1) is 0 Å². The second-order valence-electron chi connectivity index (χ2n) is 18.3. The molecule has 3 aromatic carbocycles. The Labute approximate surface area is 394 Å². The molecule has 17 heteroatoms. The molecule has 16 nitrogen and oxygen atoms in total. The Hall–Kier alpha value is -6.78. The van der Waals surface area contributed by atoms with Crippen LogP contribution in [0.5, 0.6) is 0 Å². The van der Waals surface area contributed by atoms with Crippen molar-refractivity contribution in [1.82, 2.24) is 25.3 Å². The Kier molecular flexibility index (Phi) is 15.8. The third-order valence-corrected chi connectivity index (χ3v) is 13.3. The molecule has 1 aliphatic carbocycles. The lowest BCUT2D eigenvalue weighted by molar-refractivity contribution is -0.143. The lowest BCUT2D eigenvalue weighted by atomic mass is 9.94. The molecule has 1 unspecified atom stereocenters. The Balaban J connectivity index is 0.782. The van der Waals surface area contributed by atoms with E-state index in [1.165, 1.54) is 24.0 Å². The Bertz CT molecular complexity index is 2480. The molecule has 68 heavy (non-hydrogen) atoms. The van der Waals surface area contributed by atoms with Crippen LogP contribution in [0.1, 0.15) is 147 Å². The number of unbranched alkanes of at least 4 members (excludes halogenated alkanes) is 9. The first-order valence-corrected chi connectivity index (χ1v) is 23.8. The van der Waals surface area contributed by atoms with Crippen molar-refractivity contribution in [3.05, 3.63) is 99.9 Å². The highest BCUT2D eigenvalue weighted by atomic mass is 19.1. The lowest BCUT2D eigenvalue weighted by Gasteiger charge is -2.31. The first-order valence-electron chi connectivity index (χ1n) is 23.8. The van der Waals surface area contributed by atoms with Gasteiger partial charge in [0.2, 0.25) is 35.1 Å². The molecule has 0 bridgehead atoms. The van der Waals surface area contributed by atoms with Gasteiger partial charge < -0.3 is 20.3 Å². The summed E-state index contributed by atoms with van der Waals surface area (Å²) < 4.78 is 19.5. The molecule has 0 saturated carbocycles. The van der Waals surface area contributed by atoms with Gasteiger partial charge in [0.15, 0.2) is 0 Å². The predicted octanol–water partition coefficient (Wildman–Crippen LogP) is 6.37. The summed E-state index contributed by atoms with van der Waals surface area (Å²) in [6.07, 6.45) is 11.1. The number of carbonyl (C=O) groups excluding carboxylic acids is 9. The molecule has 4 aliphatic rings. The van der Waals surface area contributed by atoms with E-state index in [4.69, 9.17) is 4.74 Å². The molecule has 7 rings (SSSR count). The molecule has 0 radical (unpaired) electrons. The molecule has 3 atom stereocenters. The average molecular weight is 935 g/mol. The minimum absolute atomic E-state index is 0.0472. The zero-order valence-corrected chi connectivity index (χ0v) is 38.7. The number of aryl methyl sites for hydroxylation is 2. The van der Waals surface area contributed by atoms with Gasteiger partial charge in [-0.05, 0) is 92.1 Å². The molecule has 2 saturated heterocycles. The molecule has 3 aromatic rings. The Morgan fingerprint density at radius 3 is 2.18 bits per heavy atom. The van der Waals surface area contributed by atoms with E-state index >= 15 is 0 Å². The number of piperidine rings is 1. The molecule has 3 heterocycles. The Morgan fingerprint density at radius 1 is 0.824 bits per heavy atom. The number of halogens is 1. The summed E-state index contributed by atoms with van der Waals surface area (Å²) in [7, 11) is 0. The molecule has 360 valence electrons. The number of amides is 9. The van der Waals surface area contributed by atoms with Gasteiger partial charge in [0.05, 0.1) is 11.1 Å². The van der Waals surface area contributed by atoms with Crippen LogP contribution < -0.4 is 16.0 Å². The van der Waals surface area contributed by atoms with Crippen LogP contribution >= 0.6 is 0 Å². The fourth-order valence-electron chi connectivity index (χ4n) is 9.60. The molecule has 0 aromatic heterocycles. The van der Waals surface area contributed by atoms with Crippen molar-refractivity contribution in [3.8, 4) is 0 Å². The van der Waals surface area contributed by atoms with E-state index < -0.39 is 71.6 Å².